The fraction of sp³-hybridized carbons (Fsp3) is 0.107. The van der Waals surface area contributed by atoms with Gasteiger partial charge >= 0.3 is 0 Å². The Hall–Kier alpha value is -4.71. The van der Waals surface area contributed by atoms with Gasteiger partial charge < -0.3 is 20.5 Å². The fourth-order valence-electron chi connectivity index (χ4n) is 4.02. The highest BCUT2D eigenvalue weighted by atomic mass is 35.5. The number of imidazole rings is 1. The number of amides is 2. The average Bonchev–Trinajstić information content (AvgIpc) is 3.40. The van der Waals surface area contributed by atoms with E-state index in [1.807, 2.05) is 37.2 Å². The molecular formula is C28H24Cl2N8O3. The lowest BCUT2D eigenvalue weighted by molar-refractivity contribution is 0.0705. The molecule has 2 aromatic heterocycles. The quantitative estimate of drug-likeness (QED) is 0.119. The zero-order valence-corrected chi connectivity index (χ0v) is 23.4. The second-order valence-electron chi connectivity index (χ2n) is 9.23. The minimum absolute atomic E-state index is 0.112. The number of carbonyl (C=O) groups excluding carboxylic acids is 2. The predicted octanol–water partition coefficient (Wildman–Crippen LogP) is 5.38. The van der Waals surface area contributed by atoms with Crippen molar-refractivity contribution in [3.05, 3.63) is 93.7 Å². The van der Waals surface area contributed by atoms with E-state index in [-0.39, 0.29) is 22.4 Å². The first kappa shape index (κ1) is 27.8. The molecule has 0 saturated carbocycles. The van der Waals surface area contributed by atoms with Crippen molar-refractivity contribution in [1.29, 1.82) is 0 Å². The maximum atomic E-state index is 13.1. The molecule has 2 amide bonds. The summed E-state index contributed by atoms with van der Waals surface area (Å²) < 4.78 is 0. The Kier molecular flexibility index (Phi) is 8.02. The molecule has 5 aromatic rings. The Labute approximate surface area is 244 Å². The number of aromatic nitrogens is 4. The van der Waals surface area contributed by atoms with Crippen molar-refractivity contribution in [3.8, 4) is 11.4 Å². The number of benzene rings is 3. The SMILES string of the molecule is CN(C)c1ccc2nc(-c3cc(NC(=O)c4ccc(CNc5ncc(C(=O)NO)cn5)cc4Cl)ccc3Cl)[nH]c2c1. The van der Waals surface area contributed by atoms with Gasteiger partial charge in [0.2, 0.25) is 5.95 Å². The van der Waals surface area contributed by atoms with Crippen LogP contribution in [0.25, 0.3) is 22.4 Å². The number of nitrogens with one attached hydrogen (secondary N) is 4. The molecule has 0 radical (unpaired) electrons. The Bertz CT molecular complexity index is 1760. The molecular weight excluding hydrogens is 567 g/mol. The van der Waals surface area contributed by atoms with Gasteiger partial charge in [-0.15, -0.1) is 0 Å². The van der Waals surface area contributed by atoms with Gasteiger partial charge in [0, 0.05) is 50.0 Å². The minimum Gasteiger partial charge on any atom is -0.378 e. The van der Waals surface area contributed by atoms with Gasteiger partial charge in [-0.2, -0.15) is 0 Å². The number of H-pyrrole nitrogens is 1. The molecule has 3 aromatic carbocycles. The highest BCUT2D eigenvalue weighted by molar-refractivity contribution is 6.35. The molecule has 0 aliphatic carbocycles. The van der Waals surface area contributed by atoms with Crippen LogP contribution in [0.5, 0.6) is 0 Å². The van der Waals surface area contributed by atoms with Gasteiger partial charge in [-0.3, -0.25) is 14.8 Å². The van der Waals surface area contributed by atoms with E-state index >= 15 is 0 Å². The first-order chi connectivity index (χ1) is 19.7. The largest absolute Gasteiger partial charge is 0.378 e. The van der Waals surface area contributed by atoms with Crippen LogP contribution in [0.2, 0.25) is 10.0 Å². The van der Waals surface area contributed by atoms with Crippen molar-refractivity contribution in [1.82, 2.24) is 25.4 Å². The third kappa shape index (κ3) is 6.22. The summed E-state index contributed by atoms with van der Waals surface area (Å²) in [5, 5.41) is 15.3. The number of hydrogen-bond acceptors (Lipinski definition) is 8. The van der Waals surface area contributed by atoms with Gasteiger partial charge in [-0.1, -0.05) is 29.3 Å². The van der Waals surface area contributed by atoms with E-state index in [4.69, 9.17) is 28.4 Å². The van der Waals surface area contributed by atoms with Crippen LogP contribution in [0.1, 0.15) is 26.3 Å². The van der Waals surface area contributed by atoms with Crippen molar-refractivity contribution in [2.75, 3.05) is 29.6 Å². The molecule has 13 heteroatoms. The molecule has 0 saturated heterocycles. The molecule has 0 bridgehead atoms. The number of anilines is 3. The summed E-state index contributed by atoms with van der Waals surface area (Å²) in [5.74, 6) is -0.231. The summed E-state index contributed by atoms with van der Waals surface area (Å²) in [6.45, 7) is 0.321. The van der Waals surface area contributed by atoms with Gasteiger partial charge in [0.15, 0.2) is 0 Å². The van der Waals surface area contributed by atoms with Gasteiger partial charge in [0.05, 0.1) is 32.2 Å². The van der Waals surface area contributed by atoms with Crippen LogP contribution in [-0.4, -0.2) is 51.1 Å². The van der Waals surface area contributed by atoms with E-state index in [0.29, 0.717) is 34.2 Å². The van der Waals surface area contributed by atoms with Gasteiger partial charge in [-0.25, -0.2) is 20.4 Å². The first-order valence-electron chi connectivity index (χ1n) is 12.3. The van der Waals surface area contributed by atoms with E-state index in [0.717, 1.165) is 22.3 Å². The maximum Gasteiger partial charge on any atom is 0.277 e. The van der Waals surface area contributed by atoms with Crippen LogP contribution in [0.3, 0.4) is 0 Å². The number of rotatable bonds is 8. The number of carbonyl (C=O) groups is 2. The fourth-order valence-corrected chi connectivity index (χ4v) is 4.52. The molecule has 0 fully saturated rings. The Morgan fingerprint density at radius 2 is 1.73 bits per heavy atom. The molecule has 11 nitrogen and oxygen atoms in total. The normalized spacial score (nSPS) is 10.9. The minimum atomic E-state index is -0.708. The Balaban J connectivity index is 1.28. The summed E-state index contributed by atoms with van der Waals surface area (Å²) >= 11 is 12.9. The van der Waals surface area contributed by atoms with Crippen LogP contribution in [0, 0.1) is 0 Å². The highest BCUT2D eigenvalue weighted by Gasteiger charge is 2.15. The standard InChI is InChI=1S/C28H24Cl2N8O3/c1-38(2)18-5-8-23-24(11-18)36-25(35-23)20-10-17(4-7-21(20)29)34-27(40)19-6-3-15(9-22(19)30)12-31-28-32-13-16(14-33-28)26(39)37-41/h3-11,13-14,41H,12H2,1-2H3,(H,34,40)(H,35,36)(H,37,39)(H,31,32,33). The molecule has 2 heterocycles. The van der Waals surface area contributed by atoms with E-state index in [9.17, 15) is 9.59 Å². The summed E-state index contributed by atoms with van der Waals surface area (Å²) in [5.41, 5.74) is 6.59. The Morgan fingerprint density at radius 1 is 0.951 bits per heavy atom. The smallest absolute Gasteiger partial charge is 0.277 e. The molecule has 5 N–H and O–H groups in total. The molecule has 0 unspecified atom stereocenters. The predicted molar refractivity (Wildman–Crippen MR) is 159 cm³/mol. The van der Waals surface area contributed by atoms with Gasteiger partial charge in [0.1, 0.15) is 5.82 Å². The van der Waals surface area contributed by atoms with Crippen LogP contribution in [0.4, 0.5) is 17.3 Å². The second kappa shape index (κ2) is 11.8. The van der Waals surface area contributed by atoms with E-state index in [1.54, 1.807) is 36.4 Å². The van der Waals surface area contributed by atoms with Crippen molar-refractivity contribution < 1.29 is 14.8 Å². The Morgan fingerprint density at radius 3 is 2.44 bits per heavy atom. The average molecular weight is 591 g/mol. The third-order valence-electron chi connectivity index (χ3n) is 6.21. The van der Waals surface area contributed by atoms with Crippen molar-refractivity contribution >= 4 is 63.4 Å². The maximum absolute atomic E-state index is 13.1. The second-order valence-corrected chi connectivity index (χ2v) is 10.0. The molecule has 0 atom stereocenters. The zero-order valence-electron chi connectivity index (χ0n) is 21.9. The van der Waals surface area contributed by atoms with E-state index in [1.165, 1.54) is 17.9 Å². The summed E-state index contributed by atoms with van der Waals surface area (Å²) in [6, 6.07) is 16.1. The summed E-state index contributed by atoms with van der Waals surface area (Å²) in [6.07, 6.45) is 2.55. The number of nitrogens with zero attached hydrogens (tertiary/aromatic N) is 4. The van der Waals surface area contributed by atoms with Crippen LogP contribution >= 0.6 is 23.2 Å². The topological polar surface area (TPSA) is 148 Å². The molecule has 208 valence electrons. The lowest BCUT2D eigenvalue weighted by Crippen LogP contribution is -2.19. The van der Waals surface area contributed by atoms with Gasteiger partial charge in [-0.05, 0) is 54.1 Å². The van der Waals surface area contributed by atoms with E-state index in [2.05, 4.69) is 30.6 Å². The number of halogens is 2. The number of hydrogen-bond donors (Lipinski definition) is 5. The van der Waals surface area contributed by atoms with Crippen LogP contribution in [-0.2, 0) is 6.54 Å². The number of fused-ring (bicyclic) bond motifs is 1. The lowest BCUT2D eigenvalue weighted by atomic mass is 10.1. The van der Waals surface area contributed by atoms with Crippen LogP contribution < -0.4 is 21.0 Å². The highest BCUT2D eigenvalue weighted by Crippen LogP contribution is 2.31. The first-order valence-corrected chi connectivity index (χ1v) is 13.0. The molecule has 5 rings (SSSR count). The van der Waals surface area contributed by atoms with Crippen molar-refractivity contribution in [2.24, 2.45) is 0 Å². The monoisotopic (exact) mass is 590 g/mol. The van der Waals surface area contributed by atoms with Crippen molar-refractivity contribution in [2.45, 2.75) is 6.54 Å². The summed E-state index contributed by atoms with van der Waals surface area (Å²) in [7, 11) is 3.94. The third-order valence-corrected chi connectivity index (χ3v) is 6.85. The van der Waals surface area contributed by atoms with Gasteiger partial charge in [0.25, 0.3) is 11.8 Å². The number of aromatic amines is 1. The van der Waals surface area contributed by atoms with Crippen LogP contribution in [0.15, 0.2) is 67.0 Å². The number of hydroxylamine groups is 1. The molecule has 41 heavy (non-hydrogen) atoms. The molecule has 0 aliphatic rings. The van der Waals surface area contributed by atoms with E-state index < -0.39 is 5.91 Å². The molecule has 0 spiro atoms. The summed E-state index contributed by atoms with van der Waals surface area (Å²) in [4.78, 5) is 42.5. The molecule has 0 aliphatic heterocycles. The van der Waals surface area contributed by atoms with Crippen molar-refractivity contribution in [3.63, 3.8) is 0 Å². The zero-order chi connectivity index (χ0) is 29.1. The lowest BCUT2D eigenvalue weighted by Gasteiger charge is -2.11.